The normalized spacial score (nSPS) is 11.6. The molecule has 0 atom stereocenters. The molecule has 8 heteroatoms. The lowest BCUT2D eigenvalue weighted by molar-refractivity contribution is -0.116. The Morgan fingerprint density at radius 1 is 1.24 bits per heavy atom. The van der Waals surface area contributed by atoms with Gasteiger partial charge in [-0.25, -0.2) is 9.67 Å². The van der Waals surface area contributed by atoms with Gasteiger partial charge in [0.15, 0.2) is 5.65 Å². The van der Waals surface area contributed by atoms with Crippen LogP contribution in [0.1, 0.15) is 27.2 Å². The van der Waals surface area contributed by atoms with Crippen molar-refractivity contribution in [3.05, 3.63) is 47.4 Å². The Balaban J connectivity index is 1.75. The van der Waals surface area contributed by atoms with E-state index in [1.54, 1.807) is 29.2 Å². The fourth-order valence-electron chi connectivity index (χ4n) is 2.48. The zero-order valence-electron chi connectivity index (χ0n) is 14.4. The van der Waals surface area contributed by atoms with Gasteiger partial charge in [0.2, 0.25) is 5.91 Å². The van der Waals surface area contributed by atoms with Crippen LogP contribution in [0.15, 0.2) is 41.8 Å². The van der Waals surface area contributed by atoms with Gasteiger partial charge in [-0.15, -0.1) is 0 Å². The molecular weight excluding hydrogens is 320 g/mol. The van der Waals surface area contributed by atoms with Gasteiger partial charge in [0.25, 0.3) is 5.56 Å². The average Bonchev–Trinajstić information content (AvgIpc) is 3.00. The molecule has 0 spiro atoms. The summed E-state index contributed by atoms with van der Waals surface area (Å²) in [5.74, 6) is -0.177. The van der Waals surface area contributed by atoms with Crippen molar-refractivity contribution >= 4 is 22.6 Å². The molecule has 3 rings (SSSR count). The third-order valence-corrected chi connectivity index (χ3v) is 3.73. The van der Waals surface area contributed by atoms with Gasteiger partial charge in [-0.05, 0) is 32.9 Å². The third-order valence-electron chi connectivity index (χ3n) is 3.73. The van der Waals surface area contributed by atoms with Crippen molar-refractivity contribution in [3.63, 3.8) is 0 Å². The summed E-state index contributed by atoms with van der Waals surface area (Å²) >= 11 is 0. The number of rotatable bonds is 4. The number of aromatic nitrogens is 5. The Labute approximate surface area is 144 Å². The van der Waals surface area contributed by atoms with E-state index in [1.165, 1.54) is 17.1 Å². The number of fused-ring (bicyclic) bond motifs is 1. The van der Waals surface area contributed by atoms with E-state index >= 15 is 0 Å². The van der Waals surface area contributed by atoms with E-state index in [-0.39, 0.29) is 30.0 Å². The molecule has 0 aliphatic carbocycles. The van der Waals surface area contributed by atoms with Crippen LogP contribution in [-0.4, -0.2) is 30.2 Å². The molecule has 0 fully saturated rings. The fraction of sp³-hybridized carbons (Fsp3) is 0.353. The van der Waals surface area contributed by atoms with Crippen molar-refractivity contribution in [3.8, 4) is 0 Å². The molecule has 3 aromatic heterocycles. The molecule has 0 aliphatic heterocycles. The predicted octanol–water partition coefficient (Wildman–Crippen LogP) is 1.77. The summed E-state index contributed by atoms with van der Waals surface area (Å²) in [6, 6.07) is 3.41. The van der Waals surface area contributed by atoms with Crippen LogP contribution in [0.25, 0.3) is 11.0 Å². The van der Waals surface area contributed by atoms with Crippen molar-refractivity contribution in [1.82, 2.24) is 24.3 Å². The van der Waals surface area contributed by atoms with Crippen LogP contribution in [0.3, 0.4) is 0 Å². The number of amides is 1. The number of carbonyl (C=O) groups is 1. The number of nitrogens with one attached hydrogen (secondary N) is 1. The highest BCUT2D eigenvalue weighted by atomic mass is 16.2. The predicted molar refractivity (Wildman–Crippen MR) is 94.3 cm³/mol. The smallest absolute Gasteiger partial charge is 0.264 e. The molecule has 0 radical (unpaired) electrons. The molecule has 0 unspecified atom stereocenters. The standard InChI is InChI=1S/C17H20N6O2/c1-17(2,3)23-15-13(10-20-23)16(25)22(11-19-15)9-6-14(24)21-12-4-7-18-8-5-12/h4-5,7-8,10-11H,6,9H2,1-3H3,(H,18,21,24). The zero-order chi connectivity index (χ0) is 18.0. The van der Waals surface area contributed by atoms with Crippen molar-refractivity contribution < 1.29 is 4.79 Å². The minimum atomic E-state index is -0.266. The van der Waals surface area contributed by atoms with E-state index in [0.717, 1.165) is 0 Å². The molecule has 0 aromatic carbocycles. The lowest BCUT2D eigenvalue weighted by Gasteiger charge is -2.19. The molecule has 1 amide bonds. The highest BCUT2D eigenvalue weighted by Gasteiger charge is 2.19. The van der Waals surface area contributed by atoms with Gasteiger partial charge in [0, 0.05) is 31.0 Å². The van der Waals surface area contributed by atoms with E-state index in [2.05, 4.69) is 20.4 Å². The van der Waals surface area contributed by atoms with Crippen molar-refractivity contribution in [2.24, 2.45) is 0 Å². The first-order valence-corrected chi connectivity index (χ1v) is 8.00. The SMILES string of the molecule is CC(C)(C)n1ncc2c(=O)n(CCC(=O)Nc3ccncc3)cnc21. The molecular formula is C17H20N6O2. The summed E-state index contributed by atoms with van der Waals surface area (Å²) in [6.07, 6.45) is 6.37. The van der Waals surface area contributed by atoms with E-state index < -0.39 is 0 Å². The molecule has 0 bridgehead atoms. The number of pyridine rings is 1. The summed E-state index contributed by atoms with van der Waals surface area (Å²) < 4.78 is 3.16. The first-order valence-electron chi connectivity index (χ1n) is 8.00. The summed E-state index contributed by atoms with van der Waals surface area (Å²) in [5.41, 5.74) is 0.761. The maximum absolute atomic E-state index is 12.6. The number of carbonyl (C=O) groups excluding carboxylic acids is 1. The first-order chi connectivity index (χ1) is 11.9. The first kappa shape index (κ1) is 16.8. The van der Waals surface area contributed by atoms with Crippen LogP contribution >= 0.6 is 0 Å². The second kappa shape index (κ2) is 6.46. The fourth-order valence-corrected chi connectivity index (χ4v) is 2.48. The van der Waals surface area contributed by atoms with E-state index in [0.29, 0.717) is 16.7 Å². The van der Waals surface area contributed by atoms with Crippen molar-refractivity contribution in [2.45, 2.75) is 39.3 Å². The lowest BCUT2D eigenvalue weighted by Crippen LogP contribution is -2.26. The maximum atomic E-state index is 12.6. The Bertz CT molecular complexity index is 953. The summed E-state index contributed by atoms with van der Waals surface area (Å²) in [6.45, 7) is 6.24. The third kappa shape index (κ3) is 3.57. The van der Waals surface area contributed by atoms with Gasteiger partial charge in [-0.2, -0.15) is 5.10 Å². The van der Waals surface area contributed by atoms with Crippen LogP contribution in [0.5, 0.6) is 0 Å². The average molecular weight is 340 g/mol. The second-order valence-electron chi connectivity index (χ2n) is 6.74. The van der Waals surface area contributed by atoms with Gasteiger partial charge in [0.1, 0.15) is 5.39 Å². The van der Waals surface area contributed by atoms with E-state index in [1.807, 2.05) is 20.8 Å². The number of anilines is 1. The monoisotopic (exact) mass is 340 g/mol. The Kier molecular flexibility index (Phi) is 4.35. The number of hydrogen-bond donors (Lipinski definition) is 1. The topological polar surface area (TPSA) is 94.7 Å². The maximum Gasteiger partial charge on any atom is 0.264 e. The lowest BCUT2D eigenvalue weighted by atomic mass is 10.1. The molecule has 0 aliphatic rings. The number of hydrogen-bond acceptors (Lipinski definition) is 5. The minimum absolute atomic E-state index is 0.169. The largest absolute Gasteiger partial charge is 0.326 e. The van der Waals surface area contributed by atoms with Crippen LogP contribution in [0.2, 0.25) is 0 Å². The van der Waals surface area contributed by atoms with Crippen LogP contribution in [0, 0.1) is 0 Å². The Morgan fingerprint density at radius 2 is 1.96 bits per heavy atom. The number of aryl methyl sites for hydroxylation is 1. The molecule has 0 saturated carbocycles. The molecule has 25 heavy (non-hydrogen) atoms. The van der Waals surface area contributed by atoms with Gasteiger partial charge >= 0.3 is 0 Å². The Hall–Kier alpha value is -3.03. The summed E-state index contributed by atoms with van der Waals surface area (Å²) in [4.78, 5) is 32.8. The van der Waals surface area contributed by atoms with Crippen molar-refractivity contribution in [1.29, 1.82) is 0 Å². The van der Waals surface area contributed by atoms with Gasteiger partial charge in [0.05, 0.1) is 18.1 Å². The van der Waals surface area contributed by atoms with Crippen LogP contribution < -0.4 is 10.9 Å². The molecule has 130 valence electrons. The van der Waals surface area contributed by atoms with Gasteiger partial charge in [-0.3, -0.25) is 19.1 Å². The Morgan fingerprint density at radius 3 is 2.64 bits per heavy atom. The summed E-state index contributed by atoms with van der Waals surface area (Å²) in [5, 5.41) is 7.49. The quantitative estimate of drug-likeness (QED) is 0.781. The highest BCUT2D eigenvalue weighted by molar-refractivity contribution is 5.90. The highest BCUT2D eigenvalue weighted by Crippen LogP contribution is 2.17. The summed E-state index contributed by atoms with van der Waals surface area (Å²) in [7, 11) is 0. The molecule has 0 saturated heterocycles. The second-order valence-corrected chi connectivity index (χ2v) is 6.74. The number of nitrogens with zero attached hydrogens (tertiary/aromatic N) is 5. The van der Waals surface area contributed by atoms with Crippen LogP contribution in [0.4, 0.5) is 5.69 Å². The molecule has 1 N–H and O–H groups in total. The molecule has 3 aromatic rings. The molecule has 3 heterocycles. The van der Waals surface area contributed by atoms with E-state index in [9.17, 15) is 9.59 Å². The van der Waals surface area contributed by atoms with Gasteiger partial charge < -0.3 is 5.32 Å². The van der Waals surface area contributed by atoms with Gasteiger partial charge in [-0.1, -0.05) is 0 Å². The molecule has 8 nitrogen and oxygen atoms in total. The zero-order valence-corrected chi connectivity index (χ0v) is 14.4. The van der Waals surface area contributed by atoms with E-state index in [4.69, 9.17) is 0 Å². The van der Waals surface area contributed by atoms with Crippen LogP contribution in [-0.2, 0) is 16.9 Å². The van der Waals surface area contributed by atoms with Crippen molar-refractivity contribution in [2.75, 3.05) is 5.32 Å². The minimum Gasteiger partial charge on any atom is -0.326 e.